The summed E-state index contributed by atoms with van der Waals surface area (Å²) in [6, 6.07) is 16.1. The smallest absolute Gasteiger partial charge is 0.233 e. The number of benzene rings is 2. The van der Waals surface area contributed by atoms with Crippen LogP contribution >= 0.6 is 11.8 Å². The lowest BCUT2D eigenvalue weighted by atomic mass is 10.2. The molecule has 1 aromatic heterocycles. The van der Waals surface area contributed by atoms with Gasteiger partial charge in [-0.2, -0.15) is 0 Å². The Morgan fingerprint density at radius 2 is 1.77 bits per heavy atom. The van der Waals surface area contributed by atoms with E-state index in [4.69, 9.17) is 4.74 Å². The minimum absolute atomic E-state index is 0.174. The van der Waals surface area contributed by atoms with Crippen LogP contribution in [0.5, 0.6) is 5.75 Å². The molecule has 3 aromatic rings. The maximum Gasteiger partial charge on any atom is 0.233 e. The van der Waals surface area contributed by atoms with Crippen molar-refractivity contribution in [3.63, 3.8) is 0 Å². The average Bonchev–Trinajstić information content (AvgIpc) is 3.02. The van der Waals surface area contributed by atoms with E-state index in [1.54, 1.807) is 7.11 Å². The third kappa shape index (κ3) is 5.10. The summed E-state index contributed by atoms with van der Waals surface area (Å²) < 4.78 is 7.41. The Balaban J connectivity index is 1.63. The number of likely N-dealkylation sites (tertiary alicyclic amines) is 1. The van der Waals surface area contributed by atoms with Crippen molar-refractivity contribution in [1.29, 1.82) is 0 Å². The number of methoxy groups -OCH3 is 1. The van der Waals surface area contributed by atoms with Gasteiger partial charge in [-0.25, -0.2) is 0 Å². The van der Waals surface area contributed by atoms with Crippen molar-refractivity contribution >= 4 is 17.7 Å². The van der Waals surface area contributed by atoms with Crippen LogP contribution in [0.2, 0.25) is 0 Å². The molecule has 0 spiro atoms. The summed E-state index contributed by atoms with van der Waals surface area (Å²) in [5, 5.41) is 9.64. The quantitative estimate of drug-likeness (QED) is 0.522. The highest BCUT2D eigenvalue weighted by molar-refractivity contribution is 7.99. The van der Waals surface area contributed by atoms with E-state index in [0.29, 0.717) is 10.9 Å². The molecule has 1 fully saturated rings. The summed E-state index contributed by atoms with van der Waals surface area (Å²) in [4.78, 5) is 14.8. The summed E-state index contributed by atoms with van der Waals surface area (Å²) in [7, 11) is 1.65. The SMILES string of the molecule is COc1cccc(-c2nnc(SCC(=O)N3CCCCCC3)n2-c2ccc(C)cc2)c1. The van der Waals surface area contributed by atoms with Gasteiger partial charge in [0.2, 0.25) is 5.91 Å². The van der Waals surface area contributed by atoms with Gasteiger partial charge in [0.15, 0.2) is 11.0 Å². The number of amides is 1. The van der Waals surface area contributed by atoms with E-state index in [9.17, 15) is 4.79 Å². The maximum atomic E-state index is 12.8. The van der Waals surface area contributed by atoms with E-state index in [-0.39, 0.29) is 5.91 Å². The number of ether oxygens (including phenoxy) is 1. The molecule has 1 saturated heterocycles. The Labute approximate surface area is 187 Å². The number of aromatic nitrogens is 3. The molecule has 31 heavy (non-hydrogen) atoms. The Morgan fingerprint density at radius 3 is 2.48 bits per heavy atom. The minimum Gasteiger partial charge on any atom is -0.497 e. The molecule has 2 heterocycles. The molecule has 0 saturated carbocycles. The summed E-state index contributed by atoms with van der Waals surface area (Å²) in [5.74, 6) is 2.03. The third-order valence-electron chi connectivity index (χ3n) is 5.54. The summed E-state index contributed by atoms with van der Waals surface area (Å²) >= 11 is 1.45. The summed E-state index contributed by atoms with van der Waals surface area (Å²) in [6.07, 6.45) is 4.61. The molecular formula is C24H28N4O2S. The van der Waals surface area contributed by atoms with Crippen molar-refractivity contribution in [1.82, 2.24) is 19.7 Å². The van der Waals surface area contributed by atoms with Crippen molar-refractivity contribution in [2.45, 2.75) is 37.8 Å². The highest BCUT2D eigenvalue weighted by atomic mass is 32.2. The molecule has 7 heteroatoms. The molecule has 0 radical (unpaired) electrons. The zero-order valence-corrected chi connectivity index (χ0v) is 18.9. The number of aryl methyl sites for hydroxylation is 1. The van der Waals surface area contributed by atoms with E-state index in [1.807, 2.05) is 33.7 Å². The van der Waals surface area contributed by atoms with Crippen molar-refractivity contribution in [3.05, 3.63) is 54.1 Å². The molecule has 0 aliphatic carbocycles. The zero-order valence-electron chi connectivity index (χ0n) is 18.1. The first-order valence-corrected chi connectivity index (χ1v) is 11.7. The average molecular weight is 437 g/mol. The number of thioether (sulfide) groups is 1. The number of rotatable bonds is 6. The summed E-state index contributed by atoms with van der Waals surface area (Å²) in [6.45, 7) is 3.78. The molecule has 0 unspecified atom stereocenters. The van der Waals surface area contributed by atoms with Crippen LogP contribution in [-0.4, -0.2) is 51.5 Å². The molecule has 162 valence electrons. The van der Waals surface area contributed by atoms with Gasteiger partial charge in [0, 0.05) is 24.3 Å². The van der Waals surface area contributed by atoms with E-state index in [2.05, 4.69) is 41.4 Å². The second-order valence-corrected chi connectivity index (χ2v) is 8.74. The van der Waals surface area contributed by atoms with Crippen LogP contribution in [0.1, 0.15) is 31.2 Å². The van der Waals surface area contributed by atoms with Crippen LogP contribution in [0.3, 0.4) is 0 Å². The minimum atomic E-state index is 0.174. The molecule has 0 atom stereocenters. The fraction of sp³-hybridized carbons (Fsp3) is 0.375. The van der Waals surface area contributed by atoms with Gasteiger partial charge in [0.1, 0.15) is 5.75 Å². The predicted octanol–water partition coefficient (Wildman–Crippen LogP) is 4.75. The van der Waals surface area contributed by atoms with Crippen molar-refractivity contribution < 1.29 is 9.53 Å². The molecule has 1 amide bonds. The van der Waals surface area contributed by atoms with Crippen molar-refractivity contribution in [2.75, 3.05) is 26.0 Å². The maximum absolute atomic E-state index is 12.8. The van der Waals surface area contributed by atoms with Gasteiger partial charge in [-0.1, -0.05) is 54.4 Å². The van der Waals surface area contributed by atoms with Gasteiger partial charge in [0.05, 0.1) is 12.9 Å². The van der Waals surface area contributed by atoms with Gasteiger partial charge in [-0.15, -0.1) is 10.2 Å². The lowest BCUT2D eigenvalue weighted by Gasteiger charge is -2.20. The fourth-order valence-corrected chi connectivity index (χ4v) is 4.63. The van der Waals surface area contributed by atoms with Crippen LogP contribution < -0.4 is 4.74 Å². The number of carbonyl (C=O) groups is 1. The van der Waals surface area contributed by atoms with Crippen LogP contribution in [0.4, 0.5) is 0 Å². The summed E-state index contributed by atoms with van der Waals surface area (Å²) in [5.41, 5.74) is 3.07. The number of carbonyl (C=O) groups excluding carboxylic acids is 1. The largest absolute Gasteiger partial charge is 0.497 e. The van der Waals surface area contributed by atoms with Gasteiger partial charge in [-0.05, 0) is 44.0 Å². The fourth-order valence-electron chi connectivity index (χ4n) is 3.78. The lowest BCUT2D eigenvalue weighted by Crippen LogP contribution is -2.33. The van der Waals surface area contributed by atoms with Crippen LogP contribution in [0, 0.1) is 6.92 Å². The Bertz CT molecular complexity index is 1020. The topological polar surface area (TPSA) is 60.3 Å². The molecule has 0 bridgehead atoms. The van der Waals surface area contributed by atoms with E-state index >= 15 is 0 Å². The normalized spacial score (nSPS) is 14.3. The van der Waals surface area contributed by atoms with Gasteiger partial charge in [-0.3, -0.25) is 9.36 Å². The second-order valence-electron chi connectivity index (χ2n) is 7.79. The highest BCUT2D eigenvalue weighted by Crippen LogP contribution is 2.30. The third-order valence-corrected chi connectivity index (χ3v) is 6.45. The van der Waals surface area contributed by atoms with Gasteiger partial charge in [0.25, 0.3) is 0 Å². The Kier molecular flexibility index (Phi) is 6.92. The Morgan fingerprint density at radius 1 is 1.03 bits per heavy atom. The lowest BCUT2D eigenvalue weighted by molar-refractivity contribution is -0.128. The molecule has 2 aromatic carbocycles. The van der Waals surface area contributed by atoms with Crippen LogP contribution in [0.25, 0.3) is 17.1 Å². The van der Waals surface area contributed by atoms with Crippen molar-refractivity contribution in [3.8, 4) is 22.8 Å². The molecule has 6 nitrogen and oxygen atoms in total. The Hall–Kier alpha value is -2.80. The van der Waals surface area contributed by atoms with Crippen molar-refractivity contribution in [2.24, 2.45) is 0 Å². The first-order valence-electron chi connectivity index (χ1n) is 10.7. The number of nitrogens with zero attached hydrogens (tertiary/aromatic N) is 4. The molecule has 0 N–H and O–H groups in total. The van der Waals surface area contributed by atoms with Crippen LogP contribution in [-0.2, 0) is 4.79 Å². The monoisotopic (exact) mass is 436 g/mol. The first-order chi connectivity index (χ1) is 15.2. The molecule has 4 rings (SSSR count). The van der Waals surface area contributed by atoms with E-state index in [1.165, 1.54) is 30.2 Å². The van der Waals surface area contributed by atoms with E-state index < -0.39 is 0 Å². The highest BCUT2D eigenvalue weighted by Gasteiger charge is 2.20. The molecule has 1 aliphatic rings. The first kappa shape index (κ1) is 21.4. The zero-order chi connectivity index (χ0) is 21.6. The number of hydrogen-bond donors (Lipinski definition) is 0. The van der Waals surface area contributed by atoms with Crippen LogP contribution in [0.15, 0.2) is 53.7 Å². The predicted molar refractivity (Wildman–Crippen MR) is 124 cm³/mol. The van der Waals surface area contributed by atoms with Gasteiger partial charge < -0.3 is 9.64 Å². The number of hydrogen-bond acceptors (Lipinski definition) is 5. The molecular weight excluding hydrogens is 408 g/mol. The van der Waals surface area contributed by atoms with E-state index in [0.717, 1.165) is 48.8 Å². The second kappa shape index (κ2) is 10.0. The standard InChI is InChI=1S/C24H28N4O2S/c1-18-10-12-20(13-11-18)28-23(19-8-7-9-21(16-19)30-2)25-26-24(28)31-17-22(29)27-14-5-3-4-6-15-27/h7-13,16H,3-6,14-15,17H2,1-2H3. The van der Waals surface area contributed by atoms with Gasteiger partial charge >= 0.3 is 0 Å². The molecule has 1 aliphatic heterocycles.